The molecule has 0 spiro atoms. The summed E-state index contributed by atoms with van der Waals surface area (Å²) in [6.45, 7) is 4.61. The second-order valence-corrected chi connectivity index (χ2v) is 5.52. The molecule has 0 bridgehead atoms. The first-order valence-corrected chi connectivity index (χ1v) is 6.12. The molecule has 5 heteroatoms. The summed E-state index contributed by atoms with van der Waals surface area (Å²) in [7, 11) is 1.91. The first-order chi connectivity index (χ1) is 8.88. The third-order valence-corrected chi connectivity index (χ3v) is 3.09. The van der Waals surface area contributed by atoms with Crippen molar-refractivity contribution in [3.8, 4) is 0 Å². The highest BCUT2D eigenvalue weighted by Gasteiger charge is 2.28. The molecule has 0 saturated carbocycles. The number of nitrogens with zero attached hydrogens (tertiary/aromatic N) is 2. The van der Waals surface area contributed by atoms with Crippen LogP contribution in [0, 0.1) is 5.41 Å². The summed E-state index contributed by atoms with van der Waals surface area (Å²) in [4.78, 5) is 17.2. The predicted octanol–water partition coefficient (Wildman–Crippen LogP) is 2.37. The van der Waals surface area contributed by atoms with Gasteiger partial charge in [-0.2, -0.15) is 0 Å². The number of benzene rings is 1. The van der Waals surface area contributed by atoms with Crippen molar-refractivity contribution in [3.05, 3.63) is 30.2 Å². The summed E-state index contributed by atoms with van der Waals surface area (Å²) >= 11 is 0. The maximum absolute atomic E-state index is 11.1. The molecule has 0 amide bonds. The van der Waals surface area contributed by atoms with Gasteiger partial charge in [0.15, 0.2) is 12.0 Å². The Morgan fingerprint density at radius 3 is 2.89 bits per heavy atom. The molecule has 1 heterocycles. The van der Waals surface area contributed by atoms with Crippen molar-refractivity contribution in [1.82, 2.24) is 9.88 Å². The Morgan fingerprint density at radius 1 is 1.47 bits per heavy atom. The van der Waals surface area contributed by atoms with Crippen LogP contribution in [-0.4, -0.2) is 34.6 Å². The molecule has 2 rings (SSSR count). The summed E-state index contributed by atoms with van der Waals surface area (Å²) in [5, 5.41) is 9.12. The third-order valence-electron chi connectivity index (χ3n) is 3.09. The zero-order chi connectivity index (χ0) is 14.0. The maximum Gasteiger partial charge on any atom is 0.310 e. The quantitative estimate of drug-likeness (QED) is 0.896. The van der Waals surface area contributed by atoms with Crippen LogP contribution in [0.1, 0.15) is 19.4 Å². The zero-order valence-corrected chi connectivity index (χ0v) is 11.4. The highest BCUT2D eigenvalue weighted by Crippen LogP contribution is 2.19. The van der Waals surface area contributed by atoms with Gasteiger partial charge in [0.05, 0.1) is 5.41 Å². The number of hydrogen-bond donors (Lipinski definition) is 1. The Labute approximate surface area is 111 Å². The lowest BCUT2D eigenvalue weighted by Crippen LogP contribution is -2.36. The van der Waals surface area contributed by atoms with Crippen LogP contribution in [0.4, 0.5) is 0 Å². The lowest BCUT2D eigenvalue weighted by molar-refractivity contribution is -0.147. The number of hydrogen-bond acceptors (Lipinski definition) is 4. The fraction of sp³-hybridized carbons (Fsp3) is 0.429. The van der Waals surface area contributed by atoms with E-state index in [-0.39, 0.29) is 0 Å². The van der Waals surface area contributed by atoms with Crippen molar-refractivity contribution in [2.45, 2.75) is 20.4 Å². The molecule has 0 saturated heterocycles. The highest BCUT2D eigenvalue weighted by molar-refractivity contribution is 5.74. The van der Waals surface area contributed by atoms with Crippen LogP contribution in [0.25, 0.3) is 11.1 Å². The van der Waals surface area contributed by atoms with Crippen molar-refractivity contribution in [1.29, 1.82) is 0 Å². The Morgan fingerprint density at radius 2 is 2.21 bits per heavy atom. The minimum absolute atomic E-state index is 0.483. The molecular formula is C14H18N2O3. The molecule has 1 aromatic heterocycles. The van der Waals surface area contributed by atoms with Gasteiger partial charge in [-0.3, -0.25) is 4.79 Å². The largest absolute Gasteiger partial charge is 0.481 e. The fourth-order valence-electron chi connectivity index (χ4n) is 2.11. The molecule has 0 aliphatic heterocycles. The van der Waals surface area contributed by atoms with E-state index in [1.807, 2.05) is 30.1 Å². The van der Waals surface area contributed by atoms with E-state index >= 15 is 0 Å². The van der Waals surface area contributed by atoms with Gasteiger partial charge >= 0.3 is 5.97 Å². The molecule has 0 aliphatic rings. The van der Waals surface area contributed by atoms with Crippen molar-refractivity contribution < 1.29 is 14.3 Å². The van der Waals surface area contributed by atoms with Gasteiger partial charge in [0.1, 0.15) is 5.52 Å². The van der Waals surface area contributed by atoms with Gasteiger partial charge in [0.25, 0.3) is 0 Å². The molecule has 0 fully saturated rings. The molecule has 1 aromatic carbocycles. The van der Waals surface area contributed by atoms with Crippen LogP contribution in [-0.2, 0) is 11.3 Å². The molecule has 19 heavy (non-hydrogen) atoms. The number of aliphatic carboxylic acids is 1. The van der Waals surface area contributed by atoms with E-state index in [4.69, 9.17) is 9.52 Å². The maximum atomic E-state index is 11.1. The van der Waals surface area contributed by atoms with Gasteiger partial charge in [-0.05, 0) is 38.6 Å². The average Bonchev–Trinajstić information content (AvgIpc) is 2.74. The molecule has 0 aliphatic carbocycles. The Hall–Kier alpha value is -1.88. The summed E-state index contributed by atoms with van der Waals surface area (Å²) in [6, 6.07) is 5.83. The van der Waals surface area contributed by atoms with E-state index in [1.54, 1.807) is 13.8 Å². The number of rotatable bonds is 5. The standard InChI is InChI=1S/C14H18N2O3/c1-14(2,13(17)18)8-16(3)7-10-4-5-11-12(6-10)19-9-15-11/h4-6,9H,7-8H2,1-3H3,(H,17,18). The first-order valence-electron chi connectivity index (χ1n) is 6.12. The molecular weight excluding hydrogens is 244 g/mol. The number of carbonyl (C=O) groups is 1. The second kappa shape index (κ2) is 5.01. The van der Waals surface area contributed by atoms with Crippen molar-refractivity contribution in [3.63, 3.8) is 0 Å². The van der Waals surface area contributed by atoms with Gasteiger partial charge in [0.2, 0.25) is 0 Å². The molecule has 0 atom stereocenters. The number of aromatic nitrogens is 1. The summed E-state index contributed by atoms with van der Waals surface area (Å²) in [5.74, 6) is -0.787. The lowest BCUT2D eigenvalue weighted by atomic mass is 9.93. The summed E-state index contributed by atoms with van der Waals surface area (Å²) in [5.41, 5.74) is 1.90. The Kier molecular flexibility index (Phi) is 3.57. The summed E-state index contributed by atoms with van der Waals surface area (Å²) < 4.78 is 5.26. The van der Waals surface area contributed by atoms with Crippen molar-refractivity contribution in [2.75, 3.05) is 13.6 Å². The molecule has 0 unspecified atom stereocenters. The Balaban J connectivity index is 2.06. The summed E-state index contributed by atoms with van der Waals surface area (Å²) in [6.07, 6.45) is 1.42. The van der Waals surface area contributed by atoms with Gasteiger partial charge in [0, 0.05) is 13.1 Å². The number of oxazole rings is 1. The smallest absolute Gasteiger partial charge is 0.310 e. The van der Waals surface area contributed by atoms with E-state index < -0.39 is 11.4 Å². The van der Waals surface area contributed by atoms with Gasteiger partial charge in [-0.15, -0.1) is 0 Å². The minimum atomic E-state index is -0.787. The SMILES string of the molecule is CN(Cc1ccc2ncoc2c1)CC(C)(C)C(=O)O. The number of carboxylic acids is 1. The number of fused-ring (bicyclic) bond motifs is 1. The molecule has 0 radical (unpaired) electrons. The van der Waals surface area contributed by atoms with E-state index in [0.29, 0.717) is 13.1 Å². The van der Waals surface area contributed by atoms with E-state index in [1.165, 1.54) is 6.39 Å². The fourth-order valence-corrected chi connectivity index (χ4v) is 2.11. The second-order valence-electron chi connectivity index (χ2n) is 5.52. The van der Waals surface area contributed by atoms with Gasteiger partial charge in [-0.1, -0.05) is 6.07 Å². The van der Waals surface area contributed by atoms with Crippen molar-refractivity contribution >= 4 is 17.1 Å². The monoisotopic (exact) mass is 262 g/mol. The van der Waals surface area contributed by atoms with Crippen molar-refractivity contribution in [2.24, 2.45) is 5.41 Å². The molecule has 5 nitrogen and oxygen atoms in total. The topological polar surface area (TPSA) is 66.6 Å². The zero-order valence-electron chi connectivity index (χ0n) is 11.4. The van der Waals surface area contributed by atoms with E-state index in [9.17, 15) is 4.79 Å². The minimum Gasteiger partial charge on any atom is -0.481 e. The van der Waals surface area contributed by atoms with E-state index in [0.717, 1.165) is 16.7 Å². The Bertz CT molecular complexity index is 589. The van der Waals surface area contributed by atoms with Crippen LogP contribution in [0.3, 0.4) is 0 Å². The van der Waals surface area contributed by atoms with Crippen LogP contribution in [0.15, 0.2) is 29.0 Å². The first kappa shape index (κ1) is 13.5. The molecule has 2 aromatic rings. The van der Waals surface area contributed by atoms with E-state index in [2.05, 4.69) is 4.98 Å². The van der Waals surface area contributed by atoms with Crippen LogP contribution < -0.4 is 0 Å². The normalized spacial score (nSPS) is 12.2. The lowest BCUT2D eigenvalue weighted by Gasteiger charge is -2.26. The molecule has 1 N–H and O–H groups in total. The number of carboxylic acid groups (broad SMARTS) is 1. The highest BCUT2D eigenvalue weighted by atomic mass is 16.4. The third kappa shape index (κ3) is 3.12. The van der Waals surface area contributed by atoms with Gasteiger partial charge < -0.3 is 14.4 Å². The van der Waals surface area contributed by atoms with Crippen LogP contribution >= 0.6 is 0 Å². The van der Waals surface area contributed by atoms with Crippen LogP contribution in [0.2, 0.25) is 0 Å². The average molecular weight is 262 g/mol. The van der Waals surface area contributed by atoms with Gasteiger partial charge in [-0.25, -0.2) is 4.98 Å². The predicted molar refractivity (Wildman–Crippen MR) is 71.8 cm³/mol. The molecule has 102 valence electrons. The van der Waals surface area contributed by atoms with Crippen LogP contribution in [0.5, 0.6) is 0 Å².